The second-order valence-corrected chi connectivity index (χ2v) is 5.75. The third-order valence-corrected chi connectivity index (χ3v) is 3.98. The lowest BCUT2D eigenvalue weighted by molar-refractivity contribution is -0.120. The van der Waals surface area contributed by atoms with Crippen LogP contribution >= 0.6 is 23.2 Å². The molecule has 0 radical (unpaired) electrons. The van der Waals surface area contributed by atoms with Crippen molar-refractivity contribution < 1.29 is 9.53 Å². The van der Waals surface area contributed by atoms with E-state index in [1.165, 1.54) is 0 Å². The second kappa shape index (κ2) is 7.36. The number of carbonyl (C=O) groups is 1. The van der Waals surface area contributed by atoms with E-state index in [-0.39, 0.29) is 18.2 Å². The molecule has 20 heavy (non-hydrogen) atoms. The zero-order chi connectivity index (χ0) is 14.5. The number of ether oxygens (including phenoxy) is 1. The molecule has 1 saturated heterocycles. The summed E-state index contributed by atoms with van der Waals surface area (Å²) in [7, 11) is 0. The Labute approximate surface area is 128 Å². The summed E-state index contributed by atoms with van der Waals surface area (Å²) in [5.41, 5.74) is 0.710. The fourth-order valence-corrected chi connectivity index (χ4v) is 2.64. The quantitative estimate of drug-likeness (QED) is 0.848. The van der Waals surface area contributed by atoms with Gasteiger partial charge in [-0.1, -0.05) is 29.3 Å². The number of hydrogen-bond donors (Lipinski definition) is 1. The molecule has 1 fully saturated rings. The topological polar surface area (TPSA) is 51.2 Å². The molecule has 1 atom stereocenters. The number of ketones is 1. The van der Waals surface area contributed by atoms with Crippen molar-refractivity contribution in [2.75, 3.05) is 13.2 Å². The van der Waals surface area contributed by atoms with E-state index in [0.717, 1.165) is 26.1 Å². The number of pyridine rings is 1. The Balaban J connectivity index is 1.89. The van der Waals surface area contributed by atoms with E-state index in [9.17, 15) is 4.79 Å². The fourth-order valence-electron chi connectivity index (χ4n) is 2.22. The summed E-state index contributed by atoms with van der Waals surface area (Å²) in [5.74, 6) is 0.0996. The van der Waals surface area contributed by atoms with E-state index in [1.807, 2.05) is 6.92 Å². The molecule has 1 aliphatic heterocycles. The maximum Gasteiger partial charge on any atom is 0.153 e. The van der Waals surface area contributed by atoms with Crippen LogP contribution in [0.5, 0.6) is 0 Å². The lowest BCUT2D eigenvalue weighted by Crippen LogP contribution is -2.44. The van der Waals surface area contributed by atoms with Crippen LogP contribution in [0.4, 0.5) is 0 Å². The number of nitrogens with zero attached hydrogens (tertiary/aromatic N) is 1. The van der Waals surface area contributed by atoms with Gasteiger partial charge in [-0.3, -0.25) is 4.79 Å². The molecule has 0 saturated carbocycles. The van der Waals surface area contributed by atoms with E-state index >= 15 is 0 Å². The Morgan fingerprint density at radius 1 is 1.45 bits per heavy atom. The average molecular weight is 317 g/mol. The summed E-state index contributed by atoms with van der Waals surface area (Å²) in [6, 6.07) is 3.54. The molecule has 0 amide bonds. The highest BCUT2D eigenvalue weighted by atomic mass is 35.5. The fraction of sp³-hybridized carbons (Fsp3) is 0.571. The molecule has 2 heterocycles. The summed E-state index contributed by atoms with van der Waals surface area (Å²) < 4.78 is 5.30. The number of rotatable bonds is 5. The number of carbonyl (C=O) groups excluding carboxylic acids is 1. The van der Waals surface area contributed by atoms with Crippen molar-refractivity contribution >= 4 is 29.0 Å². The van der Waals surface area contributed by atoms with E-state index in [4.69, 9.17) is 27.9 Å². The van der Waals surface area contributed by atoms with E-state index < -0.39 is 0 Å². The van der Waals surface area contributed by atoms with Gasteiger partial charge in [-0.15, -0.1) is 0 Å². The summed E-state index contributed by atoms with van der Waals surface area (Å²) in [6.45, 7) is 3.39. The van der Waals surface area contributed by atoms with Gasteiger partial charge in [0.05, 0.1) is 6.04 Å². The van der Waals surface area contributed by atoms with Crippen LogP contribution in [0.3, 0.4) is 0 Å². The largest absolute Gasteiger partial charge is 0.381 e. The molecule has 0 bridgehead atoms. The van der Waals surface area contributed by atoms with Gasteiger partial charge in [-0.05, 0) is 31.4 Å². The molecular formula is C14H18Cl2N2O2. The van der Waals surface area contributed by atoms with Crippen molar-refractivity contribution in [3.05, 3.63) is 28.0 Å². The van der Waals surface area contributed by atoms with Gasteiger partial charge in [-0.25, -0.2) is 4.98 Å². The molecule has 1 aromatic heterocycles. The van der Waals surface area contributed by atoms with Crippen LogP contribution < -0.4 is 5.32 Å². The van der Waals surface area contributed by atoms with Crippen molar-refractivity contribution in [3.63, 3.8) is 0 Å². The first kappa shape index (κ1) is 15.7. The molecule has 4 nitrogen and oxygen atoms in total. The molecule has 0 aromatic carbocycles. The lowest BCUT2D eigenvalue weighted by atomic mass is 10.0. The standard InChI is InChI=1S/C14H18Cl2N2O2/c1-9(17-11-4-6-20-7-5-11)12(19)8-10-2-3-13(15)18-14(10)16/h2-3,9,11,17H,4-8H2,1H3/t9-/m1/s1. The number of Topliss-reactive ketones (excluding diaryl/α,β-unsaturated/α-hetero) is 1. The first-order chi connectivity index (χ1) is 9.56. The van der Waals surface area contributed by atoms with Crippen LogP contribution in [0, 0.1) is 0 Å². The first-order valence-electron chi connectivity index (χ1n) is 6.73. The number of hydrogen-bond acceptors (Lipinski definition) is 4. The summed E-state index contributed by atoms with van der Waals surface area (Å²) in [6.07, 6.45) is 2.15. The minimum absolute atomic E-state index is 0.0996. The maximum absolute atomic E-state index is 12.2. The number of nitrogens with one attached hydrogen (secondary N) is 1. The summed E-state index contributed by atoms with van der Waals surface area (Å²) in [4.78, 5) is 16.2. The third-order valence-electron chi connectivity index (χ3n) is 3.45. The van der Waals surface area contributed by atoms with Crippen molar-refractivity contribution in [2.24, 2.45) is 0 Å². The highest BCUT2D eigenvalue weighted by molar-refractivity contribution is 6.33. The number of halogens is 2. The van der Waals surface area contributed by atoms with E-state index in [2.05, 4.69) is 10.3 Å². The van der Waals surface area contributed by atoms with Crippen molar-refractivity contribution in [2.45, 2.75) is 38.3 Å². The predicted octanol–water partition coefficient (Wildman–Crippen LogP) is 2.66. The number of aromatic nitrogens is 1. The minimum atomic E-state index is -0.204. The van der Waals surface area contributed by atoms with Crippen LogP contribution in [0.15, 0.2) is 12.1 Å². The molecule has 6 heteroatoms. The van der Waals surface area contributed by atoms with Crippen LogP contribution in [0.25, 0.3) is 0 Å². The lowest BCUT2D eigenvalue weighted by Gasteiger charge is -2.26. The smallest absolute Gasteiger partial charge is 0.153 e. The van der Waals surface area contributed by atoms with Crippen LogP contribution in [0.1, 0.15) is 25.3 Å². The van der Waals surface area contributed by atoms with Crippen molar-refractivity contribution in [1.82, 2.24) is 10.3 Å². The van der Waals surface area contributed by atoms with E-state index in [0.29, 0.717) is 21.9 Å². The maximum atomic E-state index is 12.2. The van der Waals surface area contributed by atoms with Gasteiger partial charge in [0.1, 0.15) is 10.3 Å². The predicted molar refractivity (Wildman–Crippen MR) is 79.4 cm³/mol. The molecule has 0 aliphatic carbocycles. The van der Waals surface area contributed by atoms with Crippen LogP contribution in [-0.2, 0) is 16.0 Å². The Bertz CT molecular complexity index is 476. The summed E-state index contributed by atoms with van der Waals surface area (Å²) in [5, 5.41) is 3.98. The summed E-state index contributed by atoms with van der Waals surface area (Å²) >= 11 is 11.7. The third kappa shape index (κ3) is 4.42. The molecular weight excluding hydrogens is 299 g/mol. The Morgan fingerprint density at radius 3 is 2.80 bits per heavy atom. The van der Waals surface area contributed by atoms with Gasteiger partial charge in [0, 0.05) is 25.7 Å². The van der Waals surface area contributed by atoms with Gasteiger partial charge in [-0.2, -0.15) is 0 Å². The van der Waals surface area contributed by atoms with Crippen molar-refractivity contribution in [3.8, 4) is 0 Å². The molecule has 0 spiro atoms. The molecule has 1 aromatic rings. The highest BCUT2D eigenvalue weighted by Gasteiger charge is 2.20. The Hall–Kier alpha value is -0.680. The van der Waals surface area contributed by atoms with Crippen molar-refractivity contribution in [1.29, 1.82) is 0 Å². The van der Waals surface area contributed by atoms with Gasteiger partial charge in [0.15, 0.2) is 5.78 Å². The molecule has 1 N–H and O–H groups in total. The Kier molecular flexibility index (Phi) is 5.78. The highest BCUT2D eigenvalue weighted by Crippen LogP contribution is 2.18. The van der Waals surface area contributed by atoms with Crippen LogP contribution in [-0.4, -0.2) is 36.1 Å². The zero-order valence-corrected chi connectivity index (χ0v) is 12.9. The average Bonchev–Trinajstić information content (AvgIpc) is 2.43. The Morgan fingerprint density at radius 2 is 2.15 bits per heavy atom. The normalized spacial score (nSPS) is 17.9. The van der Waals surface area contributed by atoms with Gasteiger partial charge >= 0.3 is 0 Å². The van der Waals surface area contributed by atoms with Gasteiger partial charge in [0.2, 0.25) is 0 Å². The molecule has 0 unspecified atom stereocenters. The van der Waals surface area contributed by atoms with Gasteiger partial charge in [0.25, 0.3) is 0 Å². The molecule has 110 valence electrons. The second-order valence-electron chi connectivity index (χ2n) is 5.00. The SMILES string of the molecule is C[C@@H](NC1CCOCC1)C(=O)Cc1ccc(Cl)nc1Cl. The van der Waals surface area contributed by atoms with Crippen LogP contribution in [0.2, 0.25) is 10.3 Å². The first-order valence-corrected chi connectivity index (χ1v) is 7.49. The molecule has 1 aliphatic rings. The molecule has 2 rings (SSSR count). The van der Waals surface area contributed by atoms with E-state index in [1.54, 1.807) is 12.1 Å². The minimum Gasteiger partial charge on any atom is -0.381 e. The van der Waals surface area contributed by atoms with Gasteiger partial charge < -0.3 is 10.1 Å². The zero-order valence-electron chi connectivity index (χ0n) is 11.4. The monoisotopic (exact) mass is 316 g/mol.